The zero-order chi connectivity index (χ0) is 18.8. The number of aromatic nitrogens is 3. The summed E-state index contributed by atoms with van der Waals surface area (Å²) < 4.78 is 1.71. The van der Waals surface area contributed by atoms with E-state index in [-0.39, 0.29) is 5.91 Å². The van der Waals surface area contributed by atoms with Crippen LogP contribution < -0.4 is 5.32 Å². The van der Waals surface area contributed by atoms with Crippen molar-refractivity contribution in [2.24, 2.45) is 4.99 Å². The maximum Gasteiger partial charge on any atom is 0.261 e. The molecule has 8 heteroatoms. The van der Waals surface area contributed by atoms with Gasteiger partial charge in [-0.15, -0.1) is 16.4 Å². The first-order valence-electron chi connectivity index (χ1n) is 8.72. The lowest BCUT2D eigenvalue weighted by Crippen LogP contribution is -2.23. The summed E-state index contributed by atoms with van der Waals surface area (Å²) in [7, 11) is 2.05. The topological polar surface area (TPSA) is 75.4 Å². The van der Waals surface area contributed by atoms with Gasteiger partial charge in [0.15, 0.2) is 0 Å². The number of carbonyl (C=O) groups excluding carboxylic acids is 1. The standard InChI is InChI=1S/C19H20N6OS/c1-13-3-8-17(27-13)19(26)21-11-15-12-25(23-22-15)16-6-4-14(5-7-16)18-20-9-10-24(18)2/h3-8,12H,9-11H2,1-2H3,(H,21,26). The molecule has 3 aromatic rings. The van der Waals surface area contributed by atoms with E-state index in [2.05, 4.69) is 32.6 Å². The number of likely N-dealkylation sites (N-methyl/N-ethyl adjacent to an activating group) is 1. The number of amidine groups is 1. The Labute approximate surface area is 161 Å². The Morgan fingerprint density at radius 1 is 1.22 bits per heavy atom. The molecule has 7 nitrogen and oxygen atoms in total. The molecule has 0 saturated carbocycles. The zero-order valence-corrected chi connectivity index (χ0v) is 16.0. The number of aryl methyl sites for hydroxylation is 1. The maximum absolute atomic E-state index is 12.1. The fourth-order valence-corrected chi connectivity index (χ4v) is 3.71. The number of nitrogens with zero attached hydrogens (tertiary/aromatic N) is 5. The fourth-order valence-electron chi connectivity index (χ4n) is 2.93. The summed E-state index contributed by atoms with van der Waals surface area (Å²) in [5, 5.41) is 11.2. The fraction of sp³-hybridized carbons (Fsp3) is 0.263. The Morgan fingerprint density at radius 2 is 2.04 bits per heavy atom. The van der Waals surface area contributed by atoms with Crippen molar-refractivity contribution in [1.29, 1.82) is 0 Å². The van der Waals surface area contributed by atoms with E-state index < -0.39 is 0 Å². The molecule has 0 unspecified atom stereocenters. The van der Waals surface area contributed by atoms with E-state index >= 15 is 0 Å². The molecule has 0 radical (unpaired) electrons. The second-order valence-electron chi connectivity index (χ2n) is 6.42. The van der Waals surface area contributed by atoms with Crippen LogP contribution in [0.4, 0.5) is 0 Å². The normalized spacial score (nSPS) is 13.7. The number of thiophene rings is 1. The van der Waals surface area contributed by atoms with Gasteiger partial charge in [-0.25, -0.2) is 4.68 Å². The summed E-state index contributed by atoms with van der Waals surface area (Å²) in [6, 6.07) is 11.8. The molecule has 0 fully saturated rings. The van der Waals surface area contributed by atoms with Gasteiger partial charge in [0, 0.05) is 24.0 Å². The molecule has 138 valence electrons. The summed E-state index contributed by atoms with van der Waals surface area (Å²) in [4.78, 5) is 20.6. The Bertz CT molecular complexity index is 988. The van der Waals surface area contributed by atoms with Gasteiger partial charge in [-0.3, -0.25) is 9.79 Å². The minimum atomic E-state index is -0.0894. The first-order valence-corrected chi connectivity index (χ1v) is 9.54. The summed E-state index contributed by atoms with van der Waals surface area (Å²) >= 11 is 1.48. The van der Waals surface area contributed by atoms with Crippen LogP contribution in [0.5, 0.6) is 0 Å². The van der Waals surface area contributed by atoms with E-state index in [4.69, 9.17) is 0 Å². The Balaban J connectivity index is 1.41. The van der Waals surface area contributed by atoms with Crippen LogP contribution in [0.3, 0.4) is 0 Å². The Hall–Kier alpha value is -3.00. The van der Waals surface area contributed by atoms with Crippen molar-refractivity contribution in [3.8, 4) is 5.69 Å². The molecular formula is C19H20N6OS. The van der Waals surface area contributed by atoms with Gasteiger partial charge >= 0.3 is 0 Å². The van der Waals surface area contributed by atoms with E-state index in [0.29, 0.717) is 17.1 Å². The lowest BCUT2D eigenvalue weighted by atomic mass is 10.2. The number of carbonyl (C=O) groups is 1. The van der Waals surface area contributed by atoms with Gasteiger partial charge in [0.2, 0.25) is 0 Å². The average Bonchev–Trinajstić information content (AvgIpc) is 3.41. The van der Waals surface area contributed by atoms with Crippen molar-refractivity contribution >= 4 is 23.1 Å². The molecule has 1 N–H and O–H groups in total. The van der Waals surface area contributed by atoms with Gasteiger partial charge < -0.3 is 10.2 Å². The predicted molar refractivity (Wildman–Crippen MR) is 106 cm³/mol. The van der Waals surface area contributed by atoms with Crippen LogP contribution >= 0.6 is 11.3 Å². The second kappa shape index (κ2) is 7.32. The van der Waals surface area contributed by atoms with E-state index in [9.17, 15) is 4.79 Å². The maximum atomic E-state index is 12.1. The van der Waals surface area contributed by atoms with E-state index in [1.165, 1.54) is 11.3 Å². The average molecular weight is 380 g/mol. The summed E-state index contributed by atoms with van der Waals surface area (Å²) in [6.07, 6.45) is 1.83. The third-order valence-electron chi connectivity index (χ3n) is 4.38. The molecule has 4 rings (SSSR count). The SMILES string of the molecule is Cc1ccc(C(=O)NCc2cn(-c3ccc(C4=NCCN4C)cc3)nn2)s1. The van der Waals surface area contributed by atoms with Gasteiger partial charge in [-0.05, 0) is 43.3 Å². The molecule has 2 aromatic heterocycles. The molecule has 0 aliphatic carbocycles. The van der Waals surface area contributed by atoms with Crippen LogP contribution in [0.25, 0.3) is 5.69 Å². The van der Waals surface area contributed by atoms with E-state index in [0.717, 1.165) is 35.1 Å². The quantitative estimate of drug-likeness (QED) is 0.737. The first kappa shape index (κ1) is 17.4. The van der Waals surface area contributed by atoms with Gasteiger partial charge in [-0.1, -0.05) is 5.21 Å². The molecule has 0 saturated heterocycles. The number of nitrogens with one attached hydrogen (secondary N) is 1. The minimum absolute atomic E-state index is 0.0894. The molecular weight excluding hydrogens is 360 g/mol. The minimum Gasteiger partial charge on any atom is -0.358 e. The van der Waals surface area contributed by atoms with Crippen LogP contribution in [-0.2, 0) is 6.54 Å². The van der Waals surface area contributed by atoms with E-state index in [1.54, 1.807) is 4.68 Å². The number of benzene rings is 1. The van der Waals surface area contributed by atoms with Gasteiger partial charge in [0.25, 0.3) is 5.91 Å². The van der Waals surface area contributed by atoms with Crippen molar-refractivity contribution in [2.45, 2.75) is 13.5 Å². The third-order valence-corrected chi connectivity index (χ3v) is 5.38. The van der Waals surface area contributed by atoms with Crippen LogP contribution in [-0.4, -0.2) is 51.8 Å². The van der Waals surface area contributed by atoms with Crippen LogP contribution in [0.2, 0.25) is 0 Å². The predicted octanol–water partition coefficient (Wildman–Crippen LogP) is 2.26. The second-order valence-corrected chi connectivity index (χ2v) is 7.71. The molecule has 1 amide bonds. The molecule has 3 heterocycles. The van der Waals surface area contributed by atoms with Gasteiger partial charge in [-0.2, -0.15) is 0 Å². The Kier molecular flexibility index (Phi) is 4.72. The van der Waals surface area contributed by atoms with Gasteiger partial charge in [0.1, 0.15) is 11.5 Å². The number of aliphatic imine (C=N–C) groups is 1. The smallest absolute Gasteiger partial charge is 0.261 e. The van der Waals surface area contributed by atoms with E-state index in [1.807, 2.05) is 49.5 Å². The lowest BCUT2D eigenvalue weighted by Gasteiger charge is -2.13. The number of rotatable bonds is 5. The highest BCUT2D eigenvalue weighted by Crippen LogP contribution is 2.15. The van der Waals surface area contributed by atoms with Crippen molar-refractivity contribution in [3.63, 3.8) is 0 Å². The highest BCUT2D eigenvalue weighted by Gasteiger charge is 2.14. The number of hydrogen-bond acceptors (Lipinski definition) is 6. The zero-order valence-electron chi connectivity index (χ0n) is 15.2. The van der Waals surface area contributed by atoms with Gasteiger partial charge in [0.05, 0.1) is 29.9 Å². The summed E-state index contributed by atoms with van der Waals surface area (Å²) in [6.45, 7) is 4.13. The molecule has 1 aromatic carbocycles. The first-order chi connectivity index (χ1) is 13.1. The molecule has 0 atom stereocenters. The molecule has 27 heavy (non-hydrogen) atoms. The monoisotopic (exact) mass is 380 g/mol. The van der Waals surface area contributed by atoms with Crippen molar-refractivity contribution in [3.05, 3.63) is 63.6 Å². The highest BCUT2D eigenvalue weighted by atomic mass is 32.1. The molecule has 0 bridgehead atoms. The van der Waals surface area contributed by atoms with Crippen LogP contribution in [0.1, 0.15) is 25.8 Å². The lowest BCUT2D eigenvalue weighted by molar-refractivity contribution is 0.0954. The highest BCUT2D eigenvalue weighted by molar-refractivity contribution is 7.13. The Morgan fingerprint density at radius 3 is 2.70 bits per heavy atom. The molecule has 0 spiro atoms. The van der Waals surface area contributed by atoms with Crippen LogP contribution in [0, 0.1) is 6.92 Å². The van der Waals surface area contributed by atoms with Crippen molar-refractivity contribution in [2.75, 3.05) is 20.1 Å². The number of amides is 1. The largest absolute Gasteiger partial charge is 0.358 e. The van der Waals surface area contributed by atoms with Crippen molar-refractivity contribution in [1.82, 2.24) is 25.2 Å². The number of hydrogen-bond donors (Lipinski definition) is 1. The molecule has 1 aliphatic rings. The molecule has 1 aliphatic heterocycles. The van der Waals surface area contributed by atoms with Crippen molar-refractivity contribution < 1.29 is 4.79 Å². The van der Waals surface area contributed by atoms with Crippen LogP contribution in [0.15, 0.2) is 47.6 Å². The summed E-state index contributed by atoms with van der Waals surface area (Å²) in [5.41, 5.74) is 2.72. The summed E-state index contributed by atoms with van der Waals surface area (Å²) in [5.74, 6) is 0.931. The third kappa shape index (κ3) is 3.75.